The molecule has 2 aliphatic heterocycles. The molecule has 2 aromatic carbocycles. The summed E-state index contributed by atoms with van der Waals surface area (Å²) in [4.78, 5) is 43.3. The zero-order valence-corrected chi connectivity index (χ0v) is 27.3. The summed E-state index contributed by atoms with van der Waals surface area (Å²) < 4.78 is 5.95. The Hall–Kier alpha value is -3.14. The highest BCUT2D eigenvalue weighted by Gasteiger charge is 2.55. The number of carbonyl (C=O) groups is 3. The van der Waals surface area contributed by atoms with Crippen molar-refractivity contribution >= 4 is 30.1 Å². The number of piperazine rings is 1. The van der Waals surface area contributed by atoms with Gasteiger partial charge in [0.25, 0.3) is 5.91 Å². The molecule has 2 fully saturated rings. The van der Waals surface area contributed by atoms with Crippen molar-refractivity contribution in [3.63, 3.8) is 0 Å². The number of hydrogen-bond acceptors (Lipinski definition) is 6. The van der Waals surface area contributed by atoms with E-state index in [-0.39, 0.29) is 36.0 Å². The molecule has 2 aliphatic rings. The predicted octanol–water partition coefficient (Wildman–Crippen LogP) is 4.31. The summed E-state index contributed by atoms with van der Waals surface area (Å²) in [5.41, 5.74) is 1.89. The fraction of sp³-hybridized carbons (Fsp3) is 0.559. The molecular formula is C34H49ClN4O5. The summed E-state index contributed by atoms with van der Waals surface area (Å²) >= 11 is 0. The summed E-state index contributed by atoms with van der Waals surface area (Å²) in [5.74, 6) is 0.362. The Kier molecular flexibility index (Phi) is 13.1. The minimum absolute atomic E-state index is 0. The largest absolute Gasteiger partial charge is 0.489 e. The number of nitrogens with one attached hydrogen (secondary N) is 2. The van der Waals surface area contributed by atoms with E-state index < -0.39 is 17.7 Å². The lowest BCUT2D eigenvalue weighted by atomic mass is 9.79. The number of rotatable bonds is 13. The molecule has 44 heavy (non-hydrogen) atoms. The highest BCUT2D eigenvalue weighted by Crippen LogP contribution is 2.35. The number of unbranched alkanes of at least 4 members (excludes halogenated alkanes) is 1. The summed E-state index contributed by atoms with van der Waals surface area (Å²) in [6, 6.07) is 14.5. The highest BCUT2D eigenvalue weighted by atomic mass is 35.5. The van der Waals surface area contributed by atoms with Crippen LogP contribution in [0.25, 0.3) is 0 Å². The van der Waals surface area contributed by atoms with Gasteiger partial charge in [-0.1, -0.05) is 64.3 Å². The first-order chi connectivity index (χ1) is 20.8. The second-order valence-corrected chi connectivity index (χ2v) is 11.9. The Labute approximate surface area is 268 Å². The van der Waals surface area contributed by atoms with Crippen molar-refractivity contribution in [2.45, 2.75) is 90.1 Å². The fourth-order valence-corrected chi connectivity index (χ4v) is 6.35. The van der Waals surface area contributed by atoms with Crippen LogP contribution in [-0.4, -0.2) is 77.0 Å². The second kappa shape index (κ2) is 16.3. The molecule has 3 amide bonds. The average Bonchev–Trinajstić information content (AvgIpc) is 3.03. The molecule has 2 atom stereocenters. The first-order valence-electron chi connectivity index (χ1n) is 15.8. The molecule has 10 heteroatoms. The third-order valence-corrected chi connectivity index (χ3v) is 9.23. The molecular weight excluding hydrogens is 580 g/mol. The Morgan fingerprint density at radius 3 is 2.20 bits per heavy atom. The first kappa shape index (κ1) is 35.3. The van der Waals surface area contributed by atoms with Crippen LogP contribution in [-0.2, 0) is 22.7 Å². The Morgan fingerprint density at radius 1 is 1.02 bits per heavy atom. The molecule has 0 saturated carbocycles. The van der Waals surface area contributed by atoms with E-state index in [4.69, 9.17) is 4.74 Å². The maximum absolute atomic E-state index is 13.7. The van der Waals surface area contributed by atoms with Gasteiger partial charge in [-0.2, -0.15) is 0 Å². The number of aliphatic hydroxyl groups is 1. The Bertz CT molecular complexity index is 1230. The highest BCUT2D eigenvalue weighted by molar-refractivity contribution is 6.00. The molecule has 0 unspecified atom stereocenters. The average molecular weight is 629 g/mol. The topological polar surface area (TPSA) is 111 Å². The molecule has 0 radical (unpaired) electrons. The number of amides is 3. The standard InChI is InChI=1S/C34H48N4O5.ClH/c1-5-8-19-38-32(41)29(30(39)26(6-2)7-3)36-33(42)34(38)17-20-37(21-18-34)22-24-11-15-28(16-12-24)43-23-25-9-13-27(14-10-25)31(40)35-4;/h9-16,26,29-30,39H,5-8,17-23H2,1-4H3,(H,35,40)(H,36,42);1H/t29-,30-;/m1./s1. The number of aliphatic hydroxyl groups excluding tert-OH is 1. The summed E-state index contributed by atoms with van der Waals surface area (Å²) in [7, 11) is 1.61. The third kappa shape index (κ3) is 7.92. The van der Waals surface area contributed by atoms with Crippen molar-refractivity contribution in [3.05, 3.63) is 65.2 Å². The summed E-state index contributed by atoms with van der Waals surface area (Å²) in [6.45, 7) is 9.20. The fourth-order valence-electron chi connectivity index (χ4n) is 6.35. The minimum Gasteiger partial charge on any atom is -0.489 e. The van der Waals surface area contributed by atoms with E-state index >= 15 is 0 Å². The van der Waals surface area contributed by atoms with Crippen molar-refractivity contribution in [1.29, 1.82) is 0 Å². The van der Waals surface area contributed by atoms with Crippen LogP contribution in [0.4, 0.5) is 0 Å². The predicted molar refractivity (Wildman–Crippen MR) is 174 cm³/mol. The van der Waals surface area contributed by atoms with Gasteiger partial charge in [-0.15, -0.1) is 12.4 Å². The van der Waals surface area contributed by atoms with Crippen molar-refractivity contribution in [2.75, 3.05) is 26.7 Å². The van der Waals surface area contributed by atoms with E-state index in [0.717, 1.165) is 49.1 Å². The minimum atomic E-state index is -0.880. The van der Waals surface area contributed by atoms with Crippen molar-refractivity contribution in [1.82, 2.24) is 20.4 Å². The lowest BCUT2D eigenvalue weighted by Gasteiger charge is -2.52. The molecule has 2 heterocycles. The Balaban J connectivity index is 0.00000529. The second-order valence-electron chi connectivity index (χ2n) is 11.9. The van der Waals surface area contributed by atoms with Gasteiger partial charge in [-0.3, -0.25) is 19.3 Å². The van der Waals surface area contributed by atoms with Gasteiger partial charge in [0.2, 0.25) is 11.8 Å². The molecule has 242 valence electrons. The van der Waals surface area contributed by atoms with Crippen LogP contribution in [0, 0.1) is 5.92 Å². The quantitative estimate of drug-likeness (QED) is 0.305. The van der Waals surface area contributed by atoms with E-state index in [1.807, 2.05) is 38.1 Å². The SMILES string of the molecule is CCCCN1C(=O)[C@@H]([C@H](O)C(CC)CC)NC(=O)C12CCN(Cc1ccc(OCc3ccc(C(=O)NC)cc3)cc1)CC2.Cl. The van der Waals surface area contributed by atoms with Gasteiger partial charge < -0.3 is 25.4 Å². The summed E-state index contributed by atoms with van der Waals surface area (Å²) in [5, 5.41) is 16.6. The number of hydrogen-bond donors (Lipinski definition) is 3. The molecule has 0 bridgehead atoms. The van der Waals surface area contributed by atoms with Gasteiger partial charge >= 0.3 is 0 Å². The van der Waals surface area contributed by atoms with Gasteiger partial charge in [-0.25, -0.2) is 0 Å². The Morgan fingerprint density at radius 2 is 1.64 bits per heavy atom. The molecule has 0 aromatic heterocycles. The number of nitrogens with zero attached hydrogens (tertiary/aromatic N) is 2. The van der Waals surface area contributed by atoms with E-state index in [9.17, 15) is 19.5 Å². The maximum Gasteiger partial charge on any atom is 0.251 e. The number of halogens is 1. The van der Waals surface area contributed by atoms with Gasteiger partial charge in [-0.05, 0) is 60.6 Å². The van der Waals surface area contributed by atoms with Crippen LogP contribution in [0.15, 0.2) is 48.5 Å². The zero-order valence-electron chi connectivity index (χ0n) is 26.5. The van der Waals surface area contributed by atoms with Crippen molar-refractivity contribution in [3.8, 4) is 5.75 Å². The lowest BCUT2D eigenvalue weighted by molar-refractivity contribution is -0.165. The van der Waals surface area contributed by atoms with Crippen LogP contribution in [0.1, 0.15) is 80.8 Å². The van der Waals surface area contributed by atoms with Crippen LogP contribution in [0.3, 0.4) is 0 Å². The van der Waals surface area contributed by atoms with E-state index in [0.29, 0.717) is 44.6 Å². The molecule has 2 saturated heterocycles. The van der Waals surface area contributed by atoms with Gasteiger partial charge in [0.1, 0.15) is 23.9 Å². The normalized spacial score (nSPS) is 19.0. The monoisotopic (exact) mass is 628 g/mol. The van der Waals surface area contributed by atoms with E-state index in [1.54, 1.807) is 24.1 Å². The smallest absolute Gasteiger partial charge is 0.251 e. The van der Waals surface area contributed by atoms with Crippen molar-refractivity contribution < 1.29 is 24.2 Å². The van der Waals surface area contributed by atoms with Crippen LogP contribution >= 0.6 is 12.4 Å². The number of carbonyl (C=O) groups excluding carboxylic acids is 3. The van der Waals surface area contributed by atoms with E-state index in [2.05, 4.69) is 34.6 Å². The lowest BCUT2D eigenvalue weighted by Crippen LogP contribution is -2.75. The van der Waals surface area contributed by atoms with Crippen LogP contribution in [0.5, 0.6) is 5.75 Å². The van der Waals surface area contributed by atoms with Gasteiger partial charge in [0, 0.05) is 38.8 Å². The summed E-state index contributed by atoms with van der Waals surface area (Å²) in [6.07, 6.45) is 3.53. The molecule has 1 spiro atoms. The number of likely N-dealkylation sites (tertiary alicyclic amines) is 1. The number of benzene rings is 2. The third-order valence-electron chi connectivity index (χ3n) is 9.23. The number of ether oxygens (including phenoxy) is 1. The van der Waals surface area contributed by atoms with Crippen LogP contribution in [0.2, 0.25) is 0 Å². The number of piperidine rings is 1. The van der Waals surface area contributed by atoms with E-state index in [1.165, 1.54) is 0 Å². The molecule has 9 nitrogen and oxygen atoms in total. The molecule has 2 aromatic rings. The molecule has 3 N–H and O–H groups in total. The molecule has 0 aliphatic carbocycles. The maximum atomic E-state index is 13.7. The first-order valence-corrected chi connectivity index (χ1v) is 15.8. The van der Waals surface area contributed by atoms with Crippen molar-refractivity contribution in [2.24, 2.45) is 5.92 Å². The zero-order chi connectivity index (χ0) is 31.0. The van der Waals surface area contributed by atoms with Crippen LogP contribution < -0.4 is 15.4 Å². The van der Waals surface area contributed by atoms with Gasteiger partial charge in [0.15, 0.2) is 0 Å². The van der Waals surface area contributed by atoms with Gasteiger partial charge in [0.05, 0.1) is 6.10 Å². The molecule has 4 rings (SSSR count).